The van der Waals surface area contributed by atoms with E-state index in [4.69, 9.17) is 4.74 Å². The molecule has 1 saturated carbocycles. The molecule has 2 amide bonds. The van der Waals surface area contributed by atoms with E-state index in [0.29, 0.717) is 43.9 Å². The molecule has 2 saturated heterocycles. The molecule has 9 heteroatoms. The minimum Gasteiger partial charge on any atom is -0.444 e. The van der Waals surface area contributed by atoms with Gasteiger partial charge in [-0.25, -0.2) is 4.79 Å². The van der Waals surface area contributed by atoms with Crippen molar-refractivity contribution < 1.29 is 14.3 Å². The zero-order valence-corrected chi connectivity index (χ0v) is 19.3. The molecule has 4 aliphatic rings. The third-order valence-electron chi connectivity index (χ3n) is 5.63. The van der Waals surface area contributed by atoms with Gasteiger partial charge in [0.15, 0.2) is 5.96 Å². The van der Waals surface area contributed by atoms with Crippen LogP contribution in [0.1, 0.15) is 40.0 Å². The molecule has 4 rings (SSSR count). The fraction of sp³-hybridized carbons (Fsp3) is 0.842. The quantitative estimate of drug-likeness (QED) is 0.589. The van der Waals surface area contributed by atoms with Gasteiger partial charge in [0.25, 0.3) is 0 Å². The van der Waals surface area contributed by atoms with E-state index in [1.807, 2.05) is 20.8 Å². The minimum atomic E-state index is -0.472. The van der Waals surface area contributed by atoms with E-state index in [1.54, 1.807) is 4.90 Å². The van der Waals surface area contributed by atoms with Gasteiger partial charge in [0.2, 0.25) is 5.91 Å². The molecule has 0 bridgehead atoms. The highest BCUT2D eigenvalue weighted by Gasteiger charge is 2.40. The first-order valence-electron chi connectivity index (χ1n) is 10.1. The Kier molecular flexibility index (Phi) is 6.31. The van der Waals surface area contributed by atoms with Crippen molar-refractivity contribution >= 4 is 41.9 Å². The number of guanidine groups is 1. The predicted octanol–water partition coefficient (Wildman–Crippen LogP) is 1.50. The molecule has 3 heterocycles. The standard InChI is InChI=1S/C19H31N5O3.HI/c1-19(2,3)27-18(26)22-6-7-23-15(12-22)10-21-17(23)20-9-13-8-16(25)24(11-13)14-4-5-14;/h13-15H,4-12H2,1-3H3,(H,20,21);1H. The van der Waals surface area contributed by atoms with Crippen molar-refractivity contribution in [1.29, 1.82) is 0 Å². The molecule has 3 aliphatic heterocycles. The highest BCUT2D eigenvalue weighted by atomic mass is 127. The molecule has 0 spiro atoms. The highest BCUT2D eigenvalue weighted by molar-refractivity contribution is 14.0. The lowest BCUT2D eigenvalue weighted by Gasteiger charge is -2.39. The molecule has 0 aromatic carbocycles. The molecule has 1 N–H and O–H groups in total. The number of carbonyl (C=O) groups is 2. The second-order valence-corrected chi connectivity index (χ2v) is 9.17. The Bertz CT molecular complexity index is 646. The Morgan fingerprint density at radius 1 is 1.18 bits per heavy atom. The summed E-state index contributed by atoms with van der Waals surface area (Å²) in [5.41, 5.74) is -0.472. The van der Waals surface area contributed by atoms with Crippen molar-refractivity contribution in [3.8, 4) is 0 Å². The van der Waals surface area contributed by atoms with Crippen LogP contribution in [0.15, 0.2) is 4.99 Å². The first-order chi connectivity index (χ1) is 12.8. The van der Waals surface area contributed by atoms with E-state index < -0.39 is 5.60 Å². The summed E-state index contributed by atoms with van der Waals surface area (Å²) in [5.74, 6) is 1.59. The van der Waals surface area contributed by atoms with Crippen LogP contribution in [-0.2, 0) is 9.53 Å². The number of fused-ring (bicyclic) bond motifs is 1. The van der Waals surface area contributed by atoms with E-state index >= 15 is 0 Å². The average molecular weight is 505 g/mol. The van der Waals surface area contributed by atoms with Gasteiger partial charge in [0, 0.05) is 51.1 Å². The van der Waals surface area contributed by atoms with Gasteiger partial charge in [-0.2, -0.15) is 0 Å². The van der Waals surface area contributed by atoms with Crippen LogP contribution in [0.3, 0.4) is 0 Å². The number of nitrogens with one attached hydrogen (secondary N) is 1. The second kappa shape index (κ2) is 8.23. The number of hydrogen-bond donors (Lipinski definition) is 1. The van der Waals surface area contributed by atoms with Crippen LogP contribution in [0.25, 0.3) is 0 Å². The fourth-order valence-corrected chi connectivity index (χ4v) is 4.14. The summed E-state index contributed by atoms with van der Waals surface area (Å²) in [4.78, 5) is 35.2. The van der Waals surface area contributed by atoms with Gasteiger partial charge in [0.05, 0.1) is 12.6 Å². The van der Waals surface area contributed by atoms with Crippen molar-refractivity contribution in [2.45, 2.75) is 57.7 Å². The monoisotopic (exact) mass is 505 g/mol. The third-order valence-corrected chi connectivity index (χ3v) is 5.63. The largest absolute Gasteiger partial charge is 0.444 e. The van der Waals surface area contributed by atoms with E-state index in [-0.39, 0.29) is 36.1 Å². The number of nitrogens with zero attached hydrogens (tertiary/aromatic N) is 4. The first-order valence-corrected chi connectivity index (χ1v) is 10.1. The van der Waals surface area contributed by atoms with Gasteiger partial charge >= 0.3 is 6.09 Å². The average Bonchev–Trinajstić information content (AvgIpc) is 3.25. The maximum absolute atomic E-state index is 12.3. The molecular weight excluding hydrogens is 473 g/mol. The van der Waals surface area contributed by atoms with Crippen LogP contribution in [0.4, 0.5) is 4.79 Å². The summed E-state index contributed by atoms with van der Waals surface area (Å²) >= 11 is 0. The van der Waals surface area contributed by atoms with Gasteiger partial charge in [-0.05, 0) is 33.6 Å². The second-order valence-electron chi connectivity index (χ2n) is 9.17. The van der Waals surface area contributed by atoms with Crippen molar-refractivity contribution in [1.82, 2.24) is 20.0 Å². The smallest absolute Gasteiger partial charge is 0.410 e. The SMILES string of the molecule is CC(C)(C)OC(=O)N1CCN2C(NCC3CC(=O)N(C4CC4)C3)=NCC2C1.I. The number of piperazine rings is 1. The molecule has 2 atom stereocenters. The fourth-order valence-electron chi connectivity index (χ4n) is 4.14. The van der Waals surface area contributed by atoms with Crippen molar-refractivity contribution in [3.63, 3.8) is 0 Å². The number of aliphatic imine (C=N–C) groups is 1. The topological polar surface area (TPSA) is 77.5 Å². The van der Waals surface area contributed by atoms with Crippen LogP contribution in [0.2, 0.25) is 0 Å². The minimum absolute atomic E-state index is 0. The van der Waals surface area contributed by atoms with Gasteiger partial charge in [-0.15, -0.1) is 24.0 Å². The molecule has 2 unspecified atom stereocenters. The summed E-state index contributed by atoms with van der Waals surface area (Å²) in [7, 11) is 0. The van der Waals surface area contributed by atoms with E-state index in [2.05, 4.69) is 20.1 Å². The molecule has 3 fully saturated rings. The summed E-state index contributed by atoms with van der Waals surface area (Å²) < 4.78 is 5.49. The summed E-state index contributed by atoms with van der Waals surface area (Å²) in [6.07, 6.45) is 2.74. The summed E-state index contributed by atoms with van der Waals surface area (Å²) in [6.45, 7) is 10.1. The van der Waals surface area contributed by atoms with Crippen molar-refractivity contribution in [2.24, 2.45) is 10.9 Å². The maximum atomic E-state index is 12.3. The molecule has 158 valence electrons. The van der Waals surface area contributed by atoms with Crippen LogP contribution in [0, 0.1) is 5.92 Å². The van der Waals surface area contributed by atoms with E-state index in [9.17, 15) is 9.59 Å². The Balaban J connectivity index is 0.00000225. The Morgan fingerprint density at radius 3 is 2.61 bits per heavy atom. The first kappa shape index (κ1) is 21.4. The van der Waals surface area contributed by atoms with E-state index in [0.717, 1.165) is 25.6 Å². The van der Waals surface area contributed by atoms with Crippen LogP contribution < -0.4 is 5.32 Å². The highest BCUT2D eigenvalue weighted by Crippen LogP contribution is 2.32. The van der Waals surface area contributed by atoms with Crippen molar-refractivity contribution in [2.75, 3.05) is 39.3 Å². The molecular formula is C19H32IN5O3. The lowest BCUT2D eigenvalue weighted by atomic mass is 10.1. The van der Waals surface area contributed by atoms with Crippen LogP contribution in [-0.4, -0.2) is 89.6 Å². The predicted molar refractivity (Wildman–Crippen MR) is 117 cm³/mol. The van der Waals surface area contributed by atoms with Gasteiger partial charge in [-0.3, -0.25) is 9.79 Å². The third kappa shape index (κ3) is 4.83. The number of carbonyl (C=O) groups excluding carboxylic acids is 2. The van der Waals surface area contributed by atoms with Crippen LogP contribution in [0.5, 0.6) is 0 Å². The summed E-state index contributed by atoms with van der Waals surface area (Å²) in [5, 5.41) is 3.47. The Labute approximate surface area is 184 Å². The number of halogens is 1. The normalized spacial score (nSPS) is 27.3. The number of hydrogen-bond acceptors (Lipinski definition) is 6. The molecule has 0 aromatic rings. The van der Waals surface area contributed by atoms with Gasteiger partial charge in [0.1, 0.15) is 5.60 Å². The number of rotatable bonds is 3. The van der Waals surface area contributed by atoms with Crippen molar-refractivity contribution in [3.05, 3.63) is 0 Å². The van der Waals surface area contributed by atoms with Crippen LogP contribution >= 0.6 is 24.0 Å². The zero-order valence-electron chi connectivity index (χ0n) is 17.0. The molecule has 1 aliphatic carbocycles. The molecule has 0 radical (unpaired) electrons. The lowest BCUT2D eigenvalue weighted by Crippen LogP contribution is -2.57. The van der Waals surface area contributed by atoms with E-state index in [1.165, 1.54) is 12.8 Å². The van der Waals surface area contributed by atoms with Gasteiger partial charge in [-0.1, -0.05) is 0 Å². The Hall–Kier alpha value is -1.26. The molecule has 0 aromatic heterocycles. The van der Waals surface area contributed by atoms with Gasteiger partial charge < -0.3 is 24.8 Å². The zero-order chi connectivity index (χ0) is 19.2. The maximum Gasteiger partial charge on any atom is 0.410 e. The number of likely N-dealkylation sites (tertiary alicyclic amines) is 1. The lowest BCUT2D eigenvalue weighted by molar-refractivity contribution is -0.128. The molecule has 28 heavy (non-hydrogen) atoms. The number of amides is 2. The summed E-state index contributed by atoms with van der Waals surface area (Å²) in [6, 6.07) is 0.721. The number of ether oxygens (including phenoxy) is 1. The molecule has 8 nitrogen and oxygen atoms in total. The Morgan fingerprint density at radius 2 is 1.93 bits per heavy atom.